The highest BCUT2D eigenvalue weighted by atomic mass is 16.6. The lowest BCUT2D eigenvalue weighted by Crippen LogP contribution is -2.88. The largest absolute Gasteiger partial charge is 0.486 e. The molecule has 0 aliphatic carbocycles. The summed E-state index contributed by atoms with van der Waals surface area (Å²) in [5, 5.41) is 6.94. The Labute approximate surface area is 164 Å². The van der Waals surface area contributed by atoms with Gasteiger partial charge < -0.3 is 20.1 Å². The van der Waals surface area contributed by atoms with Crippen LogP contribution in [0.5, 0.6) is 11.5 Å². The molecule has 28 heavy (non-hydrogen) atoms. The molecule has 0 saturated heterocycles. The van der Waals surface area contributed by atoms with Crippen molar-refractivity contribution in [3.05, 3.63) is 59.7 Å². The van der Waals surface area contributed by atoms with Crippen LogP contribution in [0.3, 0.4) is 0 Å². The molecule has 0 unspecified atom stereocenters. The summed E-state index contributed by atoms with van der Waals surface area (Å²) in [7, 11) is 0. The van der Waals surface area contributed by atoms with Crippen molar-refractivity contribution in [2.45, 2.75) is 19.4 Å². The maximum absolute atomic E-state index is 12.6. The topological polar surface area (TPSA) is 93.3 Å². The van der Waals surface area contributed by atoms with E-state index in [-0.39, 0.29) is 5.91 Å². The molecular formula is C21H26N3O4+. The van der Waals surface area contributed by atoms with E-state index in [0.717, 1.165) is 29.0 Å². The number of hydrogen-bond acceptors (Lipinski definition) is 4. The molecule has 7 nitrogen and oxygen atoms in total. The summed E-state index contributed by atoms with van der Waals surface area (Å²) in [5.41, 5.74) is 1.96. The molecule has 2 aromatic carbocycles. The summed E-state index contributed by atoms with van der Waals surface area (Å²) in [5.74, 6) is 1.19. The minimum Gasteiger partial charge on any atom is -0.486 e. The van der Waals surface area contributed by atoms with Crippen molar-refractivity contribution in [3.63, 3.8) is 0 Å². The van der Waals surface area contributed by atoms with Gasteiger partial charge in [-0.2, -0.15) is 0 Å². The molecule has 0 radical (unpaired) electrons. The Morgan fingerprint density at radius 3 is 2.57 bits per heavy atom. The van der Waals surface area contributed by atoms with Crippen molar-refractivity contribution in [1.82, 2.24) is 10.6 Å². The van der Waals surface area contributed by atoms with Crippen LogP contribution in [-0.2, 0) is 11.2 Å². The summed E-state index contributed by atoms with van der Waals surface area (Å²) in [6.45, 7) is 4.07. The monoisotopic (exact) mass is 384 g/mol. The van der Waals surface area contributed by atoms with E-state index in [1.807, 2.05) is 53.8 Å². The number of nitrogens with two attached hydrogens (primary N) is 1. The van der Waals surface area contributed by atoms with Gasteiger partial charge in [0.1, 0.15) is 13.2 Å². The zero-order valence-corrected chi connectivity index (χ0v) is 15.9. The fraction of sp³-hybridized carbons (Fsp3) is 0.333. The average molecular weight is 384 g/mol. The lowest BCUT2D eigenvalue weighted by Gasteiger charge is -2.19. The van der Waals surface area contributed by atoms with Gasteiger partial charge in [-0.25, -0.2) is 4.79 Å². The highest BCUT2D eigenvalue weighted by molar-refractivity contribution is 5.96. The third kappa shape index (κ3) is 5.23. The summed E-state index contributed by atoms with van der Waals surface area (Å²) in [4.78, 5) is 24.4. The highest BCUT2D eigenvalue weighted by Gasteiger charge is 2.25. The van der Waals surface area contributed by atoms with Gasteiger partial charge in [0.2, 0.25) is 0 Å². The van der Waals surface area contributed by atoms with Gasteiger partial charge in [-0.1, -0.05) is 36.4 Å². The Balaban J connectivity index is 1.63. The van der Waals surface area contributed by atoms with Gasteiger partial charge in [-0.15, -0.1) is 0 Å². The van der Waals surface area contributed by atoms with Crippen LogP contribution < -0.4 is 25.4 Å². The zero-order valence-electron chi connectivity index (χ0n) is 15.9. The van der Waals surface area contributed by atoms with Gasteiger partial charge in [-0.3, -0.25) is 10.1 Å². The van der Waals surface area contributed by atoms with Gasteiger partial charge in [0.05, 0.1) is 6.54 Å². The van der Waals surface area contributed by atoms with Crippen molar-refractivity contribution in [3.8, 4) is 11.5 Å². The van der Waals surface area contributed by atoms with Crippen molar-refractivity contribution in [1.29, 1.82) is 0 Å². The number of carbonyl (C=O) groups is 2. The number of hydrogen-bond donors (Lipinski definition) is 3. The van der Waals surface area contributed by atoms with Crippen molar-refractivity contribution < 1.29 is 24.4 Å². The van der Waals surface area contributed by atoms with Gasteiger partial charge >= 0.3 is 6.03 Å². The predicted molar refractivity (Wildman–Crippen MR) is 104 cm³/mol. The van der Waals surface area contributed by atoms with Gasteiger partial charge in [0, 0.05) is 18.5 Å². The first-order valence-corrected chi connectivity index (χ1v) is 9.53. The summed E-state index contributed by atoms with van der Waals surface area (Å²) >= 11 is 0. The molecule has 1 atom stereocenters. The number of ether oxygens (including phenoxy) is 2. The average Bonchev–Trinajstić information content (AvgIpc) is 2.71. The SMILES string of the molecule is CCNC(=O)NC(=O)[C@H]([NH2+]CCc1ccc2c(c1)OCCO2)c1ccccc1. The molecule has 4 N–H and O–H groups in total. The number of quaternary nitrogens is 1. The standard InChI is InChI=1S/C21H25N3O4/c1-2-22-21(26)24-20(25)19(16-6-4-3-5-7-16)23-11-10-15-8-9-17-18(14-15)28-13-12-27-17/h3-9,14,19,23H,2,10-13H2,1H3,(H2,22,24,25,26)/p+1/t19-/m1/s1. The lowest BCUT2D eigenvalue weighted by molar-refractivity contribution is -0.682. The summed E-state index contributed by atoms with van der Waals surface area (Å²) in [6.07, 6.45) is 0.758. The van der Waals surface area contributed by atoms with E-state index < -0.39 is 12.1 Å². The number of carbonyl (C=O) groups excluding carboxylic acids is 2. The van der Waals surface area contributed by atoms with E-state index in [1.165, 1.54) is 0 Å². The van der Waals surface area contributed by atoms with Crippen LogP contribution in [0.15, 0.2) is 48.5 Å². The number of nitrogens with one attached hydrogen (secondary N) is 2. The number of fused-ring (bicyclic) bond motifs is 1. The molecule has 0 bridgehead atoms. The van der Waals surface area contributed by atoms with Gasteiger partial charge in [0.15, 0.2) is 17.5 Å². The molecule has 0 saturated carbocycles. The minimum atomic E-state index is -0.499. The van der Waals surface area contributed by atoms with Gasteiger partial charge in [-0.05, 0) is 24.6 Å². The fourth-order valence-corrected chi connectivity index (χ4v) is 3.11. The smallest absolute Gasteiger partial charge is 0.321 e. The third-order valence-electron chi connectivity index (χ3n) is 4.46. The first-order chi connectivity index (χ1) is 13.7. The van der Waals surface area contributed by atoms with Crippen LogP contribution >= 0.6 is 0 Å². The Morgan fingerprint density at radius 1 is 1.07 bits per heavy atom. The van der Waals surface area contributed by atoms with Crippen molar-refractivity contribution >= 4 is 11.9 Å². The lowest BCUT2D eigenvalue weighted by atomic mass is 10.1. The van der Waals surface area contributed by atoms with E-state index in [4.69, 9.17) is 9.47 Å². The molecule has 1 aliphatic heterocycles. The quantitative estimate of drug-likeness (QED) is 0.668. The first-order valence-electron chi connectivity index (χ1n) is 9.53. The molecule has 0 fully saturated rings. The molecule has 3 amide bonds. The van der Waals surface area contributed by atoms with E-state index in [9.17, 15) is 9.59 Å². The van der Waals surface area contributed by atoms with E-state index >= 15 is 0 Å². The minimum absolute atomic E-state index is 0.334. The molecule has 0 aromatic heterocycles. The number of imide groups is 1. The maximum Gasteiger partial charge on any atom is 0.321 e. The van der Waals surface area contributed by atoms with Gasteiger partial charge in [0.25, 0.3) is 5.91 Å². The Kier molecular flexibility index (Phi) is 6.86. The van der Waals surface area contributed by atoms with Crippen LogP contribution in [0.2, 0.25) is 0 Å². The van der Waals surface area contributed by atoms with E-state index in [0.29, 0.717) is 26.3 Å². The molecule has 7 heteroatoms. The molecule has 1 aliphatic rings. The normalized spacial score (nSPS) is 13.5. The fourth-order valence-electron chi connectivity index (χ4n) is 3.11. The van der Waals surface area contributed by atoms with E-state index in [2.05, 4.69) is 10.6 Å². The van der Waals surface area contributed by atoms with Crippen molar-refractivity contribution in [2.75, 3.05) is 26.3 Å². The molecule has 2 aromatic rings. The van der Waals surface area contributed by atoms with E-state index in [1.54, 1.807) is 6.92 Å². The number of rotatable bonds is 7. The maximum atomic E-state index is 12.6. The second-order valence-corrected chi connectivity index (χ2v) is 6.49. The first kappa shape index (κ1) is 19.7. The second-order valence-electron chi connectivity index (χ2n) is 6.49. The molecular weight excluding hydrogens is 358 g/mol. The number of urea groups is 1. The number of benzene rings is 2. The highest BCUT2D eigenvalue weighted by Crippen LogP contribution is 2.30. The predicted octanol–water partition coefficient (Wildman–Crippen LogP) is 1.15. The molecule has 3 rings (SSSR count). The van der Waals surface area contributed by atoms with Crippen molar-refractivity contribution in [2.24, 2.45) is 0 Å². The summed E-state index contributed by atoms with van der Waals surface area (Å²) < 4.78 is 11.2. The number of amides is 3. The van der Waals surface area contributed by atoms with Crippen LogP contribution in [0.4, 0.5) is 4.79 Å². The van der Waals surface area contributed by atoms with Crippen LogP contribution in [0.1, 0.15) is 24.1 Å². The Hall–Kier alpha value is -3.06. The molecule has 0 spiro atoms. The second kappa shape index (κ2) is 9.75. The van der Waals surface area contributed by atoms with Crippen LogP contribution in [-0.4, -0.2) is 38.2 Å². The zero-order chi connectivity index (χ0) is 19.8. The van der Waals surface area contributed by atoms with Crippen LogP contribution in [0, 0.1) is 0 Å². The Bertz CT molecular complexity index is 811. The molecule has 1 heterocycles. The third-order valence-corrected chi connectivity index (χ3v) is 4.46. The summed E-state index contributed by atoms with van der Waals surface area (Å²) in [6, 6.07) is 14.4. The molecule has 148 valence electrons. The van der Waals surface area contributed by atoms with Crippen LogP contribution in [0.25, 0.3) is 0 Å². The Morgan fingerprint density at radius 2 is 1.82 bits per heavy atom.